The van der Waals surface area contributed by atoms with E-state index >= 15 is 0 Å². The molecule has 0 spiro atoms. The van der Waals surface area contributed by atoms with Gasteiger partial charge in [0, 0.05) is 12.0 Å². The number of carbonyl (C=O) groups is 1. The van der Waals surface area contributed by atoms with Gasteiger partial charge in [-0.25, -0.2) is 4.98 Å². The zero-order chi connectivity index (χ0) is 18.0. The molecule has 0 fully saturated rings. The van der Waals surface area contributed by atoms with Crippen LogP contribution in [0, 0.1) is 12.3 Å². The molecule has 0 atom stereocenters. The second-order valence-electron chi connectivity index (χ2n) is 7.52. The molecule has 0 radical (unpaired) electrons. The molecule has 2 aromatic carbocycles. The maximum atomic E-state index is 12.2. The number of hydrogen-bond acceptors (Lipinski definition) is 2. The van der Waals surface area contributed by atoms with Crippen LogP contribution in [-0.4, -0.2) is 15.5 Å². The molecule has 4 nitrogen and oxygen atoms in total. The van der Waals surface area contributed by atoms with Crippen LogP contribution in [0.15, 0.2) is 48.5 Å². The molecule has 25 heavy (non-hydrogen) atoms. The van der Waals surface area contributed by atoms with Gasteiger partial charge in [-0.15, -0.1) is 0 Å². The molecule has 0 unspecified atom stereocenters. The first-order valence-electron chi connectivity index (χ1n) is 8.62. The van der Waals surface area contributed by atoms with Gasteiger partial charge >= 0.3 is 0 Å². The van der Waals surface area contributed by atoms with Crippen molar-refractivity contribution in [1.82, 2.24) is 14.9 Å². The summed E-state index contributed by atoms with van der Waals surface area (Å²) in [6.07, 6.45) is 0. The summed E-state index contributed by atoms with van der Waals surface area (Å²) in [5.41, 5.74) is 4.10. The van der Waals surface area contributed by atoms with E-state index < -0.39 is 5.41 Å². The maximum Gasteiger partial charge on any atom is 0.225 e. The summed E-state index contributed by atoms with van der Waals surface area (Å²) < 4.78 is 2.19. The van der Waals surface area contributed by atoms with Crippen LogP contribution >= 0.6 is 0 Å². The van der Waals surface area contributed by atoms with Crippen LogP contribution in [0.1, 0.15) is 37.7 Å². The van der Waals surface area contributed by atoms with Crippen molar-refractivity contribution in [1.29, 1.82) is 0 Å². The van der Waals surface area contributed by atoms with Gasteiger partial charge in [0.1, 0.15) is 5.82 Å². The fraction of sp³-hybridized carbons (Fsp3) is 0.333. The van der Waals surface area contributed by atoms with Crippen molar-refractivity contribution in [2.75, 3.05) is 0 Å². The van der Waals surface area contributed by atoms with Crippen molar-refractivity contribution in [2.45, 2.75) is 40.8 Å². The van der Waals surface area contributed by atoms with Crippen LogP contribution in [0.25, 0.3) is 11.0 Å². The number of carbonyl (C=O) groups excluding carboxylic acids is 1. The van der Waals surface area contributed by atoms with E-state index in [1.165, 1.54) is 11.1 Å². The first-order valence-corrected chi connectivity index (χ1v) is 8.62. The highest BCUT2D eigenvalue weighted by atomic mass is 16.2. The van der Waals surface area contributed by atoms with Gasteiger partial charge in [0.05, 0.1) is 17.6 Å². The number of hydrogen-bond donors (Lipinski definition) is 1. The van der Waals surface area contributed by atoms with Gasteiger partial charge in [-0.05, 0) is 24.6 Å². The molecule has 0 saturated heterocycles. The molecule has 4 heteroatoms. The number of imidazole rings is 1. The molecule has 1 heterocycles. The molecule has 3 aromatic rings. The minimum Gasteiger partial charge on any atom is -0.348 e. The predicted octanol–water partition coefficient (Wildman–Crippen LogP) is 4.06. The lowest BCUT2D eigenvalue weighted by Crippen LogP contribution is -2.35. The zero-order valence-corrected chi connectivity index (χ0v) is 15.3. The number of nitrogens with zero attached hydrogens (tertiary/aromatic N) is 2. The predicted molar refractivity (Wildman–Crippen MR) is 101 cm³/mol. The zero-order valence-electron chi connectivity index (χ0n) is 15.3. The highest BCUT2D eigenvalue weighted by molar-refractivity contribution is 5.81. The molecule has 0 saturated carbocycles. The lowest BCUT2D eigenvalue weighted by molar-refractivity contribution is -0.128. The molecular weight excluding hydrogens is 310 g/mol. The smallest absolute Gasteiger partial charge is 0.225 e. The van der Waals surface area contributed by atoms with Crippen LogP contribution in [0.5, 0.6) is 0 Å². The fourth-order valence-corrected chi connectivity index (χ4v) is 2.85. The van der Waals surface area contributed by atoms with Crippen LogP contribution < -0.4 is 5.32 Å². The summed E-state index contributed by atoms with van der Waals surface area (Å²) >= 11 is 0. The van der Waals surface area contributed by atoms with E-state index in [9.17, 15) is 4.79 Å². The molecule has 1 N–H and O–H groups in total. The van der Waals surface area contributed by atoms with Gasteiger partial charge in [0.2, 0.25) is 5.91 Å². The summed E-state index contributed by atoms with van der Waals surface area (Å²) in [5.74, 6) is 0.905. The van der Waals surface area contributed by atoms with Crippen molar-refractivity contribution < 1.29 is 4.79 Å². The number of aryl methyl sites for hydroxylation is 1. The molecule has 1 aromatic heterocycles. The molecule has 130 valence electrons. The Morgan fingerprint density at radius 1 is 1.12 bits per heavy atom. The number of rotatable bonds is 4. The van der Waals surface area contributed by atoms with E-state index in [1.54, 1.807) is 0 Å². The number of nitrogens with one attached hydrogen (secondary N) is 1. The topological polar surface area (TPSA) is 46.9 Å². The monoisotopic (exact) mass is 335 g/mol. The summed E-state index contributed by atoms with van der Waals surface area (Å²) in [7, 11) is 0. The van der Waals surface area contributed by atoms with Crippen molar-refractivity contribution in [2.24, 2.45) is 5.41 Å². The van der Waals surface area contributed by atoms with Gasteiger partial charge in [0.15, 0.2) is 0 Å². The number of aromatic nitrogens is 2. The number of fused-ring (bicyclic) bond motifs is 1. The number of amides is 1. The van der Waals surface area contributed by atoms with E-state index in [1.807, 2.05) is 39.0 Å². The van der Waals surface area contributed by atoms with Crippen LogP contribution in [0.4, 0.5) is 0 Å². The first-order chi connectivity index (χ1) is 11.8. The van der Waals surface area contributed by atoms with Crippen LogP contribution in [0.3, 0.4) is 0 Å². The van der Waals surface area contributed by atoms with E-state index in [-0.39, 0.29) is 5.91 Å². The molecular formula is C21H25N3O. The minimum atomic E-state index is -0.409. The second kappa shape index (κ2) is 6.71. The quantitative estimate of drug-likeness (QED) is 0.782. The molecule has 3 rings (SSSR count). The third-order valence-corrected chi connectivity index (χ3v) is 4.25. The molecule has 0 aliphatic rings. The molecule has 0 aliphatic carbocycles. The van der Waals surface area contributed by atoms with Crippen molar-refractivity contribution in [3.05, 3.63) is 65.5 Å². The molecule has 1 amide bonds. The largest absolute Gasteiger partial charge is 0.348 e. The van der Waals surface area contributed by atoms with Gasteiger partial charge in [0.25, 0.3) is 0 Å². The van der Waals surface area contributed by atoms with E-state index in [4.69, 9.17) is 4.98 Å². The third kappa shape index (κ3) is 3.90. The maximum absolute atomic E-state index is 12.2. The Bertz CT molecular complexity index is 903. The summed E-state index contributed by atoms with van der Waals surface area (Å²) in [4.78, 5) is 17.0. The Balaban J connectivity index is 1.93. The normalized spacial score (nSPS) is 11.7. The summed E-state index contributed by atoms with van der Waals surface area (Å²) in [6, 6.07) is 16.6. The summed E-state index contributed by atoms with van der Waals surface area (Å²) in [5, 5.41) is 3.02. The molecule has 0 aliphatic heterocycles. The second-order valence-corrected chi connectivity index (χ2v) is 7.52. The van der Waals surface area contributed by atoms with Crippen molar-refractivity contribution >= 4 is 16.9 Å². The third-order valence-electron chi connectivity index (χ3n) is 4.25. The highest BCUT2D eigenvalue weighted by Crippen LogP contribution is 2.19. The van der Waals surface area contributed by atoms with Crippen LogP contribution in [-0.2, 0) is 17.9 Å². The number of para-hydroxylation sites is 2. The van der Waals surface area contributed by atoms with Gasteiger partial charge < -0.3 is 9.88 Å². The average molecular weight is 335 g/mol. The first kappa shape index (κ1) is 17.2. The molecule has 0 bridgehead atoms. The van der Waals surface area contributed by atoms with E-state index in [2.05, 4.69) is 47.1 Å². The van der Waals surface area contributed by atoms with E-state index in [0.717, 1.165) is 23.4 Å². The Kier molecular flexibility index (Phi) is 4.62. The Morgan fingerprint density at radius 2 is 1.88 bits per heavy atom. The highest BCUT2D eigenvalue weighted by Gasteiger charge is 2.21. The lowest BCUT2D eigenvalue weighted by Gasteiger charge is -2.18. The van der Waals surface area contributed by atoms with Crippen LogP contribution in [0.2, 0.25) is 0 Å². The Morgan fingerprint density at radius 3 is 2.60 bits per heavy atom. The van der Waals surface area contributed by atoms with Gasteiger partial charge in [-0.3, -0.25) is 4.79 Å². The standard InChI is InChI=1S/C21H25N3O/c1-15-8-7-9-16(12-15)14-24-18-11-6-5-10-17(18)23-19(24)13-22-20(25)21(2,3)4/h5-12H,13-14H2,1-4H3,(H,22,25). The van der Waals surface area contributed by atoms with Crippen molar-refractivity contribution in [3.63, 3.8) is 0 Å². The Hall–Kier alpha value is -2.62. The van der Waals surface area contributed by atoms with Crippen molar-refractivity contribution in [3.8, 4) is 0 Å². The fourth-order valence-electron chi connectivity index (χ4n) is 2.85. The number of benzene rings is 2. The van der Waals surface area contributed by atoms with Gasteiger partial charge in [-0.1, -0.05) is 62.7 Å². The van der Waals surface area contributed by atoms with Gasteiger partial charge in [-0.2, -0.15) is 0 Å². The minimum absolute atomic E-state index is 0.0293. The Labute approximate surface area is 148 Å². The van der Waals surface area contributed by atoms with E-state index in [0.29, 0.717) is 6.54 Å². The summed E-state index contributed by atoms with van der Waals surface area (Å²) in [6.45, 7) is 9.01. The SMILES string of the molecule is Cc1cccc(Cn2c(CNC(=O)C(C)(C)C)nc3ccccc32)c1. The average Bonchev–Trinajstić information content (AvgIpc) is 2.89. The lowest BCUT2D eigenvalue weighted by atomic mass is 9.96.